The lowest BCUT2D eigenvalue weighted by Crippen LogP contribution is -2.36. The summed E-state index contributed by atoms with van der Waals surface area (Å²) < 4.78 is 11.5. The molecule has 4 nitrogen and oxygen atoms in total. The van der Waals surface area contributed by atoms with Crippen LogP contribution in [0.4, 0.5) is 0 Å². The first-order valence-corrected chi connectivity index (χ1v) is 7.57. The van der Waals surface area contributed by atoms with Crippen LogP contribution in [0.1, 0.15) is 25.0 Å². The molecule has 0 radical (unpaired) electrons. The fraction of sp³-hybridized carbons (Fsp3) is 0.533. The average Bonchev–Trinajstić information content (AvgIpc) is 2.90. The third-order valence-electron chi connectivity index (χ3n) is 3.76. The summed E-state index contributed by atoms with van der Waals surface area (Å²) in [6.45, 7) is 5.27. The molecule has 1 aliphatic heterocycles. The third kappa shape index (κ3) is 3.33. The van der Waals surface area contributed by atoms with Crippen molar-refractivity contribution in [1.29, 1.82) is 0 Å². The molecule has 1 aromatic rings. The van der Waals surface area contributed by atoms with Crippen LogP contribution in [0, 0.1) is 5.92 Å². The summed E-state index contributed by atoms with van der Waals surface area (Å²) >= 11 is 3.53. The summed E-state index contributed by atoms with van der Waals surface area (Å²) in [5, 5.41) is 3.37. The molecule has 1 heterocycles. The molecular weight excluding hydrogens is 322 g/mol. The minimum absolute atomic E-state index is 0.0403. The third-order valence-corrected chi connectivity index (χ3v) is 4.22. The molecule has 0 amide bonds. The van der Waals surface area contributed by atoms with Crippen molar-refractivity contribution < 1.29 is 14.3 Å². The highest BCUT2D eigenvalue weighted by Gasteiger charge is 2.22. The molecule has 5 heteroatoms. The minimum atomic E-state index is -0.194. The molecule has 0 fully saturated rings. The van der Waals surface area contributed by atoms with Gasteiger partial charge in [0, 0.05) is 29.0 Å². The van der Waals surface area contributed by atoms with Crippen LogP contribution < -0.4 is 10.1 Å². The van der Waals surface area contributed by atoms with Gasteiger partial charge in [0.15, 0.2) is 0 Å². The summed E-state index contributed by atoms with van der Waals surface area (Å²) in [5.74, 6) is 0.612. The lowest BCUT2D eigenvalue weighted by Gasteiger charge is -2.20. The van der Waals surface area contributed by atoms with Crippen molar-refractivity contribution in [3.63, 3.8) is 0 Å². The van der Waals surface area contributed by atoms with Crippen molar-refractivity contribution in [2.45, 2.75) is 32.9 Å². The van der Waals surface area contributed by atoms with Crippen LogP contribution in [0.25, 0.3) is 0 Å². The van der Waals surface area contributed by atoms with E-state index in [9.17, 15) is 4.79 Å². The number of hydrogen-bond donors (Lipinski definition) is 1. The number of nitrogens with one attached hydrogen (secondary N) is 1. The van der Waals surface area contributed by atoms with E-state index in [-0.39, 0.29) is 17.9 Å². The number of esters is 1. The van der Waals surface area contributed by atoms with E-state index in [1.807, 2.05) is 13.8 Å². The number of carbonyl (C=O) groups is 1. The molecule has 2 unspecified atom stereocenters. The van der Waals surface area contributed by atoms with Crippen LogP contribution in [0.3, 0.4) is 0 Å². The Labute approximate surface area is 128 Å². The van der Waals surface area contributed by atoms with Gasteiger partial charge in [0.2, 0.25) is 0 Å². The second-order valence-corrected chi connectivity index (χ2v) is 6.05. The standard InChI is InChI=1S/C15H20BrNO3/c1-9(15(18)19-3)10(2)17-8-12-7-13(16)6-11-4-5-20-14(11)12/h6-7,9-10,17H,4-5,8H2,1-3H3. The van der Waals surface area contributed by atoms with E-state index in [1.165, 1.54) is 12.7 Å². The molecule has 1 aliphatic rings. The Balaban J connectivity index is 2.03. The largest absolute Gasteiger partial charge is 0.493 e. The Kier molecular flexibility index (Phi) is 5.05. The van der Waals surface area contributed by atoms with E-state index in [1.54, 1.807) is 0 Å². The van der Waals surface area contributed by atoms with Gasteiger partial charge in [-0.1, -0.05) is 22.9 Å². The van der Waals surface area contributed by atoms with Crippen molar-refractivity contribution in [2.24, 2.45) is 5.92 Å². The molecule has 0 saturated carbocycles. The monoisotopic (exact) mass is 341 g/mol. The molecule has 1 N–H and O–H groups in total. The molecule has 110 valence electrons. The van der Waals surface area contributed by atoms with Gasteiger partial charge in [-0.3, -0.25) is 4.79 Å². The van der Waals surface area contributed by atoms with Crippen LogP contribution in [0.5, 0.6) is 5.75 Å². The summed E-state index contributed by atoms with van der Waals surface area (Å²) in [5.41, 5.74) is 2.36. The quantitative estimate of drug-likeness (QED) is 0.836. The molecule has 2 rings (SSSR count). The average molecular weight is 342 g/mol. The van der Waals surface area contributed by atoms with Crippen molar-refractivity contribution in [2.75, 3.05) is 13.7 Å². The van der Waals surface area contributed by atoms with Crippen molar-refractivity contribution in [1.82, 2.24) is 5.32 Å². The first-order valence-electron chi connectivity index (χ1n) is 6.78. The maximum atomic E-state index is 11.5. The van der Waals surface area contributed by atoms with Gasteiger partial charge in [-0.05, 0) is 24.6 Å². The fourth-order valence-electron chi connectivity index (χ4n) is 2.32. The van der Waals surface area contributed by atoms with Crippen molar-refractivity contribution in [3.05, 3.63) is 27.7 Å². The molecular formula is C15H20BrNO3. The number of methoxy groups -OCH3 is 1. The van der Waals surface area contributed by atoms with Gasteiger partial charge >= 0.3 is 5.97 Å². The minimum Gasteiger partial charge on any atom is -0.493 e. The Morgan fingerprint density at radius 3 is 2.95 bits per heavy atom. The summed E-state index contributed by atoms with van der Waals surface area (Å²) in [7, 11) is 1.42. The number of carbonyl (C=O) groups excluding carboxylic acids is 1. The Morgan fingerprint density at radius 1 is 1.50 bits per heavy atom. The molecule has 0 aromatic heterocycles. The van der Waals surface area contributed by atoms with Gasteiger partial charge < -0.3 is 14.8 Å². The van der Waals surface area contributed by atoms with E-state index in [4.69, 9.17) is 9.47 Å². The number of hydrogen-bond acceptors (Lipinski definition) is 4. The topological polar surface area (TPSA) is 47.6 Å². The molecule has 0 spiro atoms. The van der Waals surface area contributed by atoms with E-state index in [2.05, 4.69) is 33.4 Å². The first-order chi connectivity index (χ1) is 9.52. The Bertz CT molecular complexity index is 504. The SMILES string of the molecule is COC(=O)C(C)C(C)NCc1cc(Br)cc2c1OCC2. The maximum absolute atomic E-state index is 11.5. The van der Waals surface area contributed by atoms with E-state index in [0.717, 1.165) is 28.8 Å². The molecule has 1 aromatic carbocycles. The lowest BCUT2D eigenvalue weighted by molar-refractivity contribution is -0.145. The molecule has 2 atom stereocenters. The molecule has 0 aliphatic carbocycles. The molecule has 0 saturated heterocycles. The number of halogens is 1. The van der Waals surface area contributed by atoms with Crippen LogP contribution in [0.2, 0.25) is 0 Å². The Morgan fingerprint density at radius 2 is 2.25 bits per heavy atom. The second-order valence-electron chi connectivity index (χ2n) is 5.13. The number of ether oxygens (including phenoxy) is 2. The molecule has 0 bridgehead atoms. The Hall–Kier alpha value is -1.07. The maximum Gasteiger partial charge on any atom is 0.309 e. The highest BCUT2D eigenvalue weighted by molar-refractivity contribution is 9.10. The van der Waals surface area contributed by atoms with Crippen LogP contribution in [0.15, 0.2) is 16.6 Å². The van der Waals surface area contributed by atoms with Gasteiger partial charge in [-0.15, -0.1) is 0 Å². The summed E-state index contributed by atoms with van der Waals surface area (Å²) in [4.78, 5) is 11.5. The van der Waals surface area contributed by atoms with Gasteiger partial charge in [-0.2, -0.15) is 0 Å². The van der Waals surface area contributed by atoms with E-state index >= 15 is 0 Å². The first kappa shape index (κ1) is 15.3. The van der Waals surface area contributed by atoms with E-state index < -0.39 is 0 Å². The number of rotatable bonds is 5. The zero-order chi connectivity index (χ0) is 14.7. The fourth-order valence-corrected chi connectivity index (χ4v) is 2.87. The normalized spacial score (nSPS) is 16.2. The van der Waals surface area contributed by atoms with Gasteiger partial charge in [0.1, 0.15) is 5.75 Å². The highest BCUT2D eigenvalue weighted by Crippen LogP contribution is 2.33. The van der Waals surface area contributed by atoms with Crippen LogP contribution in [-0.4, -0.2) is 25.7 Å². The van der Waals surface area contributed by atoms with Crippen molar-refractivity contribution in [3.8, 4) is 5.75 Å². The van der Waals surface area contributed by atoms with Crippen LogP contribution >= 0.6 is 15.9 Å². The molecule has 20 heavy (non-hydrogen) atoms. The predicted octanol–water partition coefficient (Wildman–Crippen LogP) is 2.67. The van der Waals surface area contributed by atoms with Gasteiger partial charge in [0.05, 0.1) is 19.6 Å². The summed E-state index contributed by atoms with van der Waals surface area (Å²) in [6, 6.07) is 4.21. The van der Waals surface area contributed by atoms with Gasteiger partial charge in [-0.25, -0.2) is 0 Å². The predicted molar refractivity (Wildman–Crippen MR) is 80.8 cm³/mol. The summed E-state index contributed by atoms with van der Waals surface area (Å²) in [6.07, 6.45) is 0.954. The smallest absolute Gasteiger partial charge is 0.309 e. The van der Waals surface area contributed by atoms with Crippen molar-refractivity contribution >= 4 is 21.9 Å². The number of fused-ring (bicyclic) bond motifs is 1. The second kappa shape index (κ2) is 6.59. The lowest BCUT2D eigenvalue weighted by atomic mass is 10.0. The zero-order valence-electron chi connectivity index (χ0n) is 12.0. The van der Waals surface area contributed by atoms with E-state index in [0.29, 0.717) is 6.54 Å². The van der Waals surface area contributed by atoms with Crippen LogP contribution in [-0.2, 0) is 22.5 Å². The zero-order valence-corrected chi connectivity index (χ0v) is 13.6. The van der Waals surface area contributed by atoms with Gasteiger partial charge in [0.25, 0.3) is 0 Å². The number of benzene rings is 1. The highest BCUT2D eigenvalue weighted by atomic mass is 79.9.